The highest BCUT2D eigenvalue weighted by Gasteiger charge is 2.17. The third-order valence-corrected chi connectivity index (χ3v) is 3.08. The number of rotatable bonds is 1. The van der Waals surface area contributed by atoms with Gasteiger partial charge in [0.15, 0.2) is 0 Å². The Bertz CT molecular complexity index is 545. The standard InChI is InChI=1S/C14H16ClN3O2/c15-12-4-3-11(2-1-5-16)13(10-12)17-14(19)18-6-8-20-9-7-18/h3-4,10H,5-9,16H2,(H,17,19). The van der Waals surface area contributed by atoms with Crippen LogP contribution >= 0.6 is 11.6 Å². The van der Waals surface area contributed by atoms with Crippen LogP contribution in [-0.2, 0) is 4.74 Å². The zero-order valence-electron chi connectivity index (χ0n) is 11.0. The highest BCUT2D eigenvalue weighted by Crippen LogP contribution is 2.21. The summed E-state index contributed by atoms with van der Waals surface area (Å²) in [7, 11) is 0. The highest BCUT2D eigenvalue weighted by atomic mass is 35.5. The number of nitrogens with two attached hydrogens (primary N) is 1. The molecule has 1 saturated heterocycles. The molecule has 0 spiro atoms. The van der Waals surface area contributed by atoms with Crippen LogP contribution in [0.1, 0.15) is 5.56 Å². The number of carbonyl (C=O) groups excluding carboxylic acids is 1. The Hall–Kier alpha value is -1.74. The second-order valence-electron chi connectivity index (χ2n) is 4.23. The summed E-state index contributed by atoms with van der Waals surface area (Å²) >= 11 is 5.96. The van der Waals surface area contributed by atoms with E-state index in [2.05, 4.69) is 17.2 Å². The quantitative estimate of drug-likeness (QED) is 0.771. The predicted octanol–water partition coefficient (Wildman–Crippen LogP) is 1.51. The lowest BCUT2D eigenvalue weighted by atomic mass is 10.2. The van der Waals surface area contributed by atoms with Crippen molar-refractivity contribution in [1.29, 1.82) is 0 Å². The lowest BCUT2D eigenvalue weighted by Crippen LogP contribution is -2.43. The van der Waals surface area contributed by atoms with E-state index in [0.717, 1.165) is 0 Å². The number of anilines is 1. The molecule has 1 aliphatic heterocycles. The number of amides is 2. The normalized spacial score (nSPS) is 14.4. The van der Waals surface area contributed by atoms with Gasteiger partial charge in [-0.25, -0.2) is 4.79 Å². The van der Waals surface area contributed by atoms with Gasteiger partial charge in [0.2, 0.25) is 0 Å². The molecule has 1 aromatic carbocycles. The second-order valence-corrected chi connectivity index (χ2v) is 4.66. The van der Waals surface area contributed by atoms with Gasteiger partial charge in [-0.3, -0.25) is 0 Å². The molecule has 20 heavy (non-hydrogen) atoms. The number of nitrogens with zero attached hydrogens (tertiary/aromatic N) is 1. The molecular weight excluding hydrogens is 278 g/mol. The molecule has 1 fully saturated rings. The van der Waals surface area contributed by atoms with Crippen LogP contribution in [0.4, 0.5) is 10.5 Å². The molecule has 0 unspecified atom stereocenters. The number of hydrogen-bond donors (Lipinski definition) is 2. The molecule has 1 aliphatic rings. The molecular formula is C14H16ClN3O2. The minimum Gasteiger partial charge on any atom is -0.378 e. The van der Waals surface area contributed by atoms with Crippen molar-refractivity contribution in [3.05, 3.63) is 28.8 Å². The van der Waals surface area contributed by atoms with Crippen LogP contribution in [0.3, 0.4) is 0 Å². The van der Waals surface area contributed by atoms with Crippen LogP contribution in [0.25, 0.3) is 0 Å². The van der Waals surface area contributed by atoms with Gasteiger partial charge in [0, 0.05) is 23.7 Å². The number of hydrogen-bond acceptors (Lipinski definition) is 3. The average molecular weight is 294 g/mol. The van der Waals surface area contributed by atoms with Crippen LogP contribution in [0.15, 0.2) is 18.2 Å². The number of ether oxygens (including phenoxy) is 1. The van der Waals surface area contributed by atoms with Gasteiger partial charge in [-0.05, 0) is 18.2 Å². The van der Waals surface area contributed by atoms with E-state index in [1.165, 1.54) is 0 Å². The van der Waals surface area contributed by atoms with Gasteiger partial charge in [0.1, 0.15) is 0 Å². The summed E-state index contributed by atoms with van der Waals surface area (Å²) in [5, 5.41) is 3.38. The molecule has 0 saturated carbocycles. The first kappa shape index (κ1) is 14.7. The van der Waals surface area contributed by atoms with Gasteiger partial charge in [-0.2, -0.15) is 0 Å². The zero-order valence-corrected chi connectivity index (χ0v) is 11.7. The third-order valence-electron chi connectivity index (χ3n) is 2.85. The van der Waals surface area contributed by atoms with Crippen molar-refractivity contribution in [3.63, 3.8) is 0 Å². The van der Waals surface area contributed by atoms with Crippen molar-refractivity contribution in [2.75, 3.05) is 38.2 Å². The van der Waals surface area contributed by atoms with E-state index < -0.39 is 0 Å². The molecule has 0 aromatic heterocycles. The minimum absolute atomic E-state index is 0.175. The summed E-state index contributed by atoms with van der Waals surface area (Å²) in [6, 6.07) is 5.00. The smallest absolute Gasteiger partial charge is 0.322 e. The van der Waals surface area contributed by atoms with Crippen molar-refractivity contribution in [1.82, 2.24) is 4.90 Å². The third kappa shape index (κ3) is 3.87. The fourth-order valence-corrected chi connectivity index (χ4v) is 2.01. The molecule has 3 N–H and O–H groups in total. The first-order valence-electron chi connectivity index (χ1n) is 6.33. The summed E-state index contributed by atoms with van der Waals surface area (Å²) in [5.41, 5.74) is 6.65. The maximum absolute atomic E-state index is 12.1. The van der Waals surface area contributed by atoms with Crippen molar-refractivity contribution in [2.24, 2.45) is 5.73 Å². The summed E-state index contributed by atoms with van der Waals surface area (Å²) in [6.07, 6.45) is 0. The molecule has 2 amide bonds. The maximum Gasteiger partial charge on any atom is 0.322 e. The fourth-order valence-electron chi connectivity index (χ4n) is 1.84. The van der Waals surface area contributed by atoms with Gasteiger partial charge in [0.05, 0.1) is 25.4 Å². The predicted molar refractivity (Wildman–Crippen MR) is 78.8 cm³/mol. The number of halogens is 1. The molecule has 6 heteroatoms. The number of urea groups is 1. The van der Waals surface area contributed by atoms with Crippen molar-refractivity contribution in [3.8, 4) is 11.8 Å². The minimum atomic E-state index is -0.175. The van der Waals surface area contributed by atoms with E-state index in [1.54, 1.807) is 23.1 Å². The van der Waals surface area contributed by atoms with Gasteiger partial charge in [0.25, 0.3) is 0 Å². The Kier molecular flexibility index (Phi) is 5.24. The monoisotopic (exact) mass is 293 g/mol. The van der Waals surface area contributed by atoms with Gasteiger partial charge < -0.3 is 20.7 Å². The Morgan fingerprint density at radius 2 is 2.20 bits per heavy atom. The number of morpholine rings is 1. The summed E-state index contributed by atoms with van der Waals surface area (Å²) < 4.78 is 5.22. The van der Waals surface area contributed by atoms with Crippen molar-refractivity contribution >= 4 is 23.3 Å². The molecule has 106 valence electrons. The SMILES string of the molecule is NCC#Cc1ccc(Cl)cc1NC(=O)N1CCOCC1. The summed E-state index contributed by atoms with van der Waals surface area (Å²) in [6.45, 7) is 2.54. The molecule has 0 aliphatic carbocycles. The van der Waals surface area contributed by atoms with Crippen LogP contribution in [0, 0.1) is 11.8 Å². The Morgan fingerprint density at radius 1 is 1.45 bits per heavy atom. The van der Waals surface area contributed by atoms with E-state index in [0.29, 0.717) is 42.6 Å². The molecule has 0 radical (unpaired) electrons. The largest absolute Gasteiger partial charge is 0.378 e. The molecule has 5 nitrogen and oxygen atoms in total. The van der Waals surface area contributed by atoms with Gasteiger partial charge in [-0.1, -0.05) is 23.4 Å². The number of benzene rings is 1. The first-order chi connectivity index (χ1) is 9.70. The van der Waals surface area contributed by atoms with Crippen LogP contribution < -0.4 is 11.1 Å². The maximum atomic E-state index is 12.1. The van der Waals surface area contributed by atoms with Crippen molar-refractivity contribution in [2.45, 2.75) is 0 Å². The van der Waals surface area contributed by atoms with Gasteiger partial charge in [-0.15, -0.1) is 0 Å². The topological polar surface area (TPSA) is 67.6 Å². The van der Waals surface area contributed by atoms with E-state index in [1.807, 2.05) is 0 Å². The van der Waals surface area contributed by atoms with E-state index in [4.69, 9.17) is 22.1 Å². The second kappa shape index (κ2) is 7.15. The lowest BCUT2D eigenvalue weighted by Gasteiger charge is -2.27. The highest BCUT2D eigenvalue weighted by molar-refractivity contribution is 6.31. The number of carbonyl (C=O) groups is 1. The van der Waals surface area contributed by atoms with Crippen LogP contribution in [0.5, 0.6) is 0 Å². The Morgan fingerprint density at radius 3 is 2.90 bits per heavy atom. The zero-order chi connectivity index (χ0) is 14.4. The van der Waals surface area contributed by atoms with E-state index >= 15 is 0 Å². The van der Waals surface area contributed by atoms with Crippen molar-refractivity contribution < 1.29 is 9.53 Å². The van der Waals surface area contributed by atoms with E-state index in [9.17, 15) is 4.79 Å². The Labute approximate surface area is 123 Å². The summed E-state index contributed by atoms with van der Waals surface area (Å²) in [4.78, 5) is 13.8. The van der Waals surface area contributed by atoms with Crippen LogP contribution in [0.2, 0.25) is 5.02 Å². The average Bonchev–Trinajstić information content (AvgIpc) is 2.47. The molecule has 1 heterocycles. The van der Waals surface area contributed by atoms with Gasteiger partial charge >= 0.3 is 6.03 Å². The molecule has 2 rings (SSSR count). The summed E-state index contributed by atoms with van der Waals surface area (Å²) in [5.74, 6) is 5.68. The fraction of sp³-hybridized carbons (Fsp3) is 0.357. The lowest BCUT2D eigenvalue weighted by molar-refractivity contribution is 0.0564. The number of nitrogens with one attached hydrogen (secondary N) is 1. The van der Waals surface area contributed by atoms with Crippen LogP contribution in [-0.4, -0.2) is 43.8 Å². The molecule has 0 bridgehead atoms. The first-order valence-corrected chi connectivity index (χ1v) is 6.70. The molecule has 1 aromatic rings. The molecule has 0 atom stereocenters. The Balaban J connectivity index is 2.14. The van der Waals surface area contributed by atoms with E-state index in [-0.39, 0.29) is 12.6 Å².